The van der Waals surface area contributed by atoms with E-state index in [9.17, 15) is 14.4 Å². The van der Waals surface area contributed by atoms with Crippen molar-refractivity contribution in [1.82, 2.24) is 10.6 Å². The summed E-state index contributed by atoms with van der Waals surface area (Å²) in [5.74, 6) is -0.592. The van der Waals surface area contributed by atoms with E-state index < -0.39 is 0 Å². The Balaban J connectivity index is 2.93. The van der Waals surface area contributed by atoms with Crippen LogP contribution < -0.4 is 16.0 Å². The summed E-state index contributed by atoms with van der Waals surface area (Å²) in [5, 5.41) is 8.43. The number of hydrogen-bond donors (Lipinski definition) is 3. The van der Waals surface area contributed by atoms with E-state index in [-0.39, 0.29) is 23.6 Å². The van der Waals surface area contributed by atoms with Crippen molar-refractivity contribution in [1.29, 1.82) is 0 Å². The topological polar surface area (TPSA) is 87.3 Å². The number of hydrogen-bond acceptors (Lipinski definition) is 3. The van der Waals surface area contributed by atoms with Gasteiger partial charge >= 0.3 is 0 Å². The number of rotatable bonds is 10. The van der Waals surface area contributed by atoms with Gasteiger partial charge in [-0.05, 0) is 24.0 Å². The molecule has 0 saturated carbocycles. The first-order valence-corrected chi connectivity index (χ1v) is 9.05. The number of nitrogens with one attached hydrogen (secondary N) is 3. The standard InChI is InChI=1S/C18H26ClN3O3/c1-3-6-15(23)20-11-13-8-5-9-14(12-21-16(24)7-4-2)18(13)22-17(25)10-19/h5,8-9H,3-4,6-7,10-12H2,1-2H3,(H,20,23)(H,21,24)(H,22,25). The summed E-state index contributed by atoms with van der Waals surface area (Å²) in [4.78, 5) is 35.2. The lowest BCUT2D eigenvalue weighted by Crippen LogP contribution is -2.26. The number of para-hydroxylation sites is 1. The van der Waals surface area contributed by atoms with Crippen molar-refractivity contribution in [2.24, 2.45) is 0 Å². The van der Waals surface area contributed by atoms with Crippen LogP contribution in [0.25, 0.3) is 0 Å². The van der Waals surface area contributed by atoms with Gasteiger partial charge in [0.25, 0.3) is 0 Å². The second-order valence-corrected chi connectivity index (χ2v) is 5.95. The predicted octanol–water partition coefficient (Wildman–Crippen LogP) is 2.70. The van der Waals surface area contributed by atoms with Crippen LogP contribution in [0.5, 0.6) is 0 Å². The molecule has 0 fully saturated rings. The molecule has 25 heavy (non-hydrogen) atoms. The zero-order valence-corrected chi connectivity index (χ0v) is 15.5. The molecule has 0 saturated heterocycles. The van der Waals surface area contributed by atoms with Gasteiger partial charge in [0, 0.05) is 25.9 Å². The van der Waals surface area contributed by atoms with Crippen LogP contribution in [0.3, 0.4) is 0 Å². The van der Waals surface area contributed by atoms with Gasteiger partial charge in [0.15, 0.2) is 0 Å². The molecule has 6 nitrogen and oxygen atoms in total. The average Bonchev–Trinajstić information content (AvgIpc) is 2.59. The number of carbonyl (C=O) groups is 3. The highest BCUT2D eigenvalue weighted by Gasteiger charge is 2.13. The molecule has 1 rings (SSSR count). The first-order chi connectivity index (χ1) is 12.0. The van der Waals surface area contributed by atoms with Crippen molar-refractivity contribution in [2.75, 3.05) is 11.2 Å². The molecule has 0 radical (unpaired) electrons. The van der Waals surface area contributed by atoms with Crippen LogP contribution in [0.2, 0.25) is 0 Å². The van der Waals surface area contributed by atoms with E-state index in [1.54, 1.807) is 0 Å². The summed E-state index contributed by atoms with van der Waals surface area (Å²) < 4.78 is 0. The summed E-state index contributed by atoms with van der Waals surface area (Å²) >= 11 is 5.59. The highest BCUT2D eigenvalue weighted by atomic mass is 35.5. The largest absolute Gasteiger partial charge is 0.352 e. The molecule has 7 heteroatoms. The van der Waals surface area contributed by atoms with Gasteiger partial charge < -0.3 is 16.0 Å². The molecule has 0 aromatic heterocycles. The summed E-state index contributed by atoms with van der Waals surface area (Å²) in [6.45, 7) is 4.47. The van der Waals surface area contributed by atoms with E-state index in [2.05, 4.69) is 16.0 Å². The third-order valence-corrected chi connectivity index (χ3v) is 3.77. The first-order valence-electron chi connectivity index (χ1n) is 8.51. The van der Waals surface area contributed by atoms with E-state index in [0.717, 1.165) is 24.0 Å². The number of amides is 3. The van der Waals surface area contributed by atoms with Gasteiger partial charge in [-0.2, -0.15) is 0 Å². The molecule has 0 heterocycles. The molecule has 0 bridgehead atoms. The van der Waals surface area contributed by atoms with Crippen molar-refractivity contribution in [3.63, 3.8) is 0 Å². The Hall–Kier alpha value is -2.08. The molecule has 0 unspecified atom stereocenters. The molecule has 138 valence electrons. The molecule has 0 aliphatic rings. The van der Waals surface area contributed by atoms with Gasteiger partial charge in [-0.25, -0.2) is 0 Å². The van der Waals surface area contributed by atoms with Crippen molar-refractivity contribution in [3.05, 3.63) is 29.3 Å². The molecular weight excluding hydrogens is 342 g/mol. The Kier molecular flexibility index (Phi) is 9.62. The van der Waals surface area contributed by atoms with E-state index in [0.29, 0.717) is 31.6 Å². The second kappa shape index (κ2) is 11.5. The lowest BCUT2D eigenvalue weighted by molar-refractivity contribution is -0.122. The zero-order valence-electron chi connectivity index (χ0n) is 14.8. The van der Waals surface area contributed by atoms with E-state index in [4.69, 9.17) is 11.6 Å². The Morgan fingerprint density at radius 3 is 1.76 bits per heavy atom. The highest BCUT2D eigenvalue weighted by molar-refractivity contribution is 6.29. The van der Waals surface area contributed by atoms with Crippen molar-refractivity contribution < 1.29 is 14.4 Å². The van der Waals surface area contributed by atoms with Crippen LogP contribution in [0.4, 0.5) is 5.69 Å². The summed E-state index contributed by atoms with van der Waals surface area (Å²) in [5.41, 5.74) is 2.12. The van der Waals surface area contributed by atoms with Gasteiger partial charge in [-0.1, -0.05) is 32.0 Å². The maximum absolute atomic E-state index is 11.7. The number of alkyl halides is 1. The quantitative estimate of drug-likeness (QED) is 0.555. The van der Waals surface area contributed by atoms with Gasteiger partial charge in [-0.3, -0.25) is 14.4 Å². The molecule has 1 aromatic carbocycles. The lowest BCUT2D eigenvalue weighted by atomic mass is 10.1. The maximum atomic E-state index is 11.7. The highest BCUT2D eigenvalue weighted by Crippen LogP contribution is 2.22. The van der Waals surface area contributed by atoms with Gasteiger partial charge in [0.05, 0.1) is 5.69 Å². The SMILES string of the molecule is CCCC(=O)NCc1cccc(CNC(=O)CCC)c1NC(=O)CCl. The minimum absolute atomic E-state index is 0.0428. The normalized spacial score (nSPS) is 10.2. The Morgan fingerprint density at radius 2 is 1.36 bits per heavy atom. The Morgan fingerprint density at radius 1 is 0.880 bits per heavy atom. The van der Waals surface area contributed by atoms with Crippen LogP contribution in [-0.2, 0) is 27.5 Å². The lowest BCUT2D eigenvalue weighted by Gasteiger charge is -2.16. The zero-order chi connectivity index (χ0) is 18.7. The molecule has 3 N–H and O–H groups in total. The van der Waals surface area contributed by atoms with Crippen LogP contribution in [0.1, 0.15) is 50.7 Å². The third-order valence-electron chi connectivity index (χ3n) is 3.53. The number of halogens is 1. The second-order valence-electron chi connectivity index (χ2n) is 5.69. The van der Waals surface area contributed by atoms with Crippen LogP contribution in [0.15, 0.2) is 18.2 Å². The molecule has 1 aromatic rings. The van der Waals surface area contributed by atoms with Crippen LogP contribution >= 0.6 is 11.6 Å². The molecule has 0 spiro atoms. The summed E-state index contributed by atoms with van der Waals surface area (Å²) in [7, 11) is 0. The maximum Gasteiger partial charge on any atom is 0.239 e. The van der Waals surface area contributed by atoms with Gasteiger partial charge in [0.1, 0.15) is 5.88 Å². The summed E-state index contributed by atoms with van der Waals surface area (Å²) in [6.07, 6.45) is 2.45. The Labute approximate surface area is 153 Å². The number of carbonyl (C=O) groups excluding carboxylic acids is 3. The first kappa shape index (κ1) is 21.0. The number of anilines is 1. The van der Waals surface area contributed by atoms with Gasteiger partial charge in [0.2, 0.25) is 17.7 Å². The van der Waals surface area contributed by atoms with Crippen molar-refractivity contribution in [2.45, 2.75) is 52.6 Å². The van der Waals surface area contributed by atoms with E-state index >= 15 is 0 Å². The fourth-order valence-electron chi connectivity index (χ4n) is 2.30. The molecule has 0 aliphatic carbocycles. The smallest absolute Gasteiger partial charge is 0.239 e. The molecule has 0 atom stereocenters. The van der Waals surface area contributed by atoms with E-state index in [1.807, 2.05) is 32.0 Å². The van der Waals surface area contributed by atoms with Crippen LogP contribution in [0, 0.1) is 0 Å². The van der Waals surface area contributed by atoms with Gasteiger partial charge in [-0.15, -0.1) is 11.6 Å². The molecule has 3 amide bonds. The Bertz CT molecular complexity index is 565. The fourth-order valence-corrected chi connectivity index (χ4v) is 2.37. The van der Waals surface area contributed by atoms with Crippen molar-refractivity contribution >= 4 is 35.0 Å². The fraction of sp³-hybridized carbons (Fsp3) is 0.500. The predicted molar refractivity (Wildman–Crippen MR) is 99.3 cm³/mol. The molecular formula is C18H26ClN3O3. The monoisotopic (exact) mass is 367 g/mol. The van der Waals surface area contributed by atoms with E-state index in [1.165, 1.54) is 0 Å². The van der Waals surface area contributed by atoms with Crippen LogP contribution in [-0.4, -0.2) is 23.6 Å². The van der Waals surface area contributed by atoms with Crippen molar-refractivity contribution in [3.8, 4) is 0 Å². The summed E-state index contributed by atoms with van der Waals surface area (Å²) in [6, 6.07) is 5.49. The minimum Gasteiger partial charge on any atom is -0.352 e. The average molecular weight is 368 g/mol. The number of benzene rings is 1. The molecule has 0 aliphatic heterocycles. The third kappa shape index (κ3) is 7.56. The minimum atomic E-state index is -0.338.